The zero-order valence-corrected chi connectivity index (χ0v) is 17.0. The van der Waals surface area contributed by atoms with Gasteiger partial charge in [-0.1, -0.05) is 12.1 Å². The Bertz CT molecular complexity index is 1470. The summed E-state index contributed by atoms with van der Waals surface area (Å²) in [4.78, 5) is 20.1. The molecule has 3 aromatic carbocycles. The molecule has 0 aliphatic rings. The zero-order chi connectivity index (χ0) is 23.0. The van der Waals surface area contributed by atoms with Crippen molar-refractivity contribution < 1.29 is 22.7 Å². The maximum atomic E-state index is 12.8. The highest BCUT2D eigenvalue weighted by molar-refractivity contribution is 6.13. The fraction of sp³-hybridized carbons (Fsp3) is 0.0400. The molecule has 5 nitrogen and oxygen atoms in total. The number of halogens is 3. The van der Waals surface area contributed by atoms with E-state index < -0.39 is 17.6 Å². The third-order valence-corrected chi connectivity index (χ3v) is 5.21. The summed E-state index contributed by atoms with van der Waals surface area (Å²) in [7, 11) is 0. The standard InChI is InChI=1S/C25H16F3N3O2/c26-25(27,28)16-4-6-17(7-5-16)31-24(32)20-3-1-2-15-14-18(8-9-19(15)20)33-22-11-13-30-23-21(22)10-12-29-23/h1-14H,(H,29,30)(H,31,32). The number of hydrogen-bond acceptors (Lipinski definition) is 3. The topological polar surface area (TPSA) is 67.0 Å². The highest BCUT2D eigenvalue weighted by Gasteiger charge is 2.30. The number of nitrogens with one attached hydrogen (secondary N) is 2. The van der Waals surface area contributed by atoms with Crippen LogP contribution in [-0.4, -0.2) is 15.9 Å². The Morgan fingerprint density at radius 1 is 0.939 bits per heavy atom. The number of rotatable bonds is 4. The molecule has 0 fully saturated rings. The van der Waals surface area contributed by atoms with E-state index in [9.17, 15) is 18.0 Å². The molecule has 33 heavy (non-hydrogen) atoms. The van der Waals surface area contributed by atoms with Gasteiger partial charge in [0.05, 0.1) is 10.9 Å². The number of hydrogen-bond donors (Lipinski definition) is 2. The summed E-state index contributed by atoms with van der Waals surface area (Å²) in [6.45, 7) is 0. The van der Waals surface area contributed by atoms with Crippen LogP contribution in [0.2, 0.25) is 0 Å². The smallest absolute Gasteiger partial charge is 0.416 e. The summed E-state index contributed by atoms with van der Waals surface area (Å²) in [5.74, 6) is 0.825. The minimum atomic E-state index is -4.43. The zero-order valence-electron chi connectivity index (χ0n) is 17.0. The summed E-state index contributed by atoms with van der Waals surface area (Å²) in [5, 5.41) is 4.98. The summed E-state index contributed by atoms with van der Waals surface area (Å²) in [5.41, 5.74) is 0.619. The minimum absolute atomic E-state index is 0.276. The van der Waals surface area contributed by atoms with Gasteiger partial charge in [0.2, 0.25) is 0 Å². The average molecular weight is 447 g/mol. The van der Waals surface area contributed by atoms with E-state index in [1.807, 2.05) is 18.2 Å². The number of carbonyl (C=O) groups is 1. The maximum absolute atomic E-state index is 12.8. The van der Waals surface area contributed by atoms with Gasteiger partial charge in [0.25, 0.3) is 5.91 Å². The second-order valence-electron chi connectivity index (χ2n) is 7.37. The third-order valence-electron chi connectivity index (χ3n) is 5.21. The van der Waals surface area contributed by atoms with E-state index in [-0.39, 0.29) is 5.69 Å². The first-order chi connectivity index (χ1) is 15.9. The monoisotopic (exact) mass is 447 g/mol. The normalized spacial score (nSPS) is 11.6. The third kappa shape index (κ3) is 4.10. The van der Waals surface area contributed by atoms with Crippen molar-refractivity contribution in [3.63, 3.8) is 0 Å². The van der Waals surface area contributed by atoms with Crippen molar-refractivity contribution in [3.05, 3.63) is 96.3 Å². The van der Waals surface area contributed by atoms with Gasteiger partial charge in [-0.2, -0.15) is 13.2 Å². The SMILES string of the molecule is O=C(Nc1ccc(C(F)(F)F)cc1)c1cccc2cc(Oc3ccnc4[nH]ccc34)ccc12. The van der Waals surface area contributed by atoms with Crippen LogP contribution in [0.5, 0.6) is 11.5 Å². The van der Waals surface area contributed by atoms with E-state index in [4.69, 9.17) is 4.74 Å². The van der Waals surface area contributed by atoms with Crippen LogP contribution in [0.15, 0.2) is 85.2 Å². The molecule has 5 aromatic rings. The molecule has 2 aromatic heterocycles. The number of aromatic nitrogens is 2. The lowest BCUT2D eigenvalue weighted by Crippen LogP contribution is -2.13. The highest BCUT2D eigenvalue weighted by Crippen LogP contribution is 2.32. The Kier molecular flexibility index (Phi) is 4.97. The van der Waals surface area contributed by atoms with Crippen molar-refractivity contribution in [2.45, 2.75) is 6.18 Å². The molecule has 1 amide bonds. The molecule has 0 saturated carbocycles. The number of H-pyrrole nitrogens is 1. The number of aromatic amines is 1. The Hall–Kier alpha value is -4.33. The van der Waals surface area contributed by atoms with Crippen LogP contribution < -0.4 is 10.1 Å². The molecular weight excluding hydrogens is 431 g/mol. The Morgan fingerprint density at radius 2 is 1.76 bits per heavy atom. The van der Waals surface area contributed by atoms with E-state index in [1.54, 1.807) is 42.7 Å². The molecule has 0 saturated heterocycles. The number of nitrogens with zero attached hydrogens (tertiary/aromatic N) is 1. The van der Waals surface area contributed by atoms with E-state index in [1.165, 1.54) is 12.1 Å². The second-order valence-corrected chi connectivity index (χ2v) is 7.37. The fourth-order valence-corrected chi connectivity index (χ4v) is 3.62. The minimum Gasteiger partial charge on any atom is -0.457 e. The predicted molar refractivity (Wildman–Crippen MR) is 120 cm³/mol. The molecular formula is C25H16F3N3O2. The van der Waals surface area contributed by atoms with Gasteiger partial charge in [-0.3, -0.25) is 4.79 Å². The number of benzene rings is 3. The van der Waals surface area contributed by atoms with Crippen molar-refractivity contribution in [1.29, 1.82) is 0 Å². The molecule has 0 atom stereocenters. The predicted octanol–water partition coefficient (Wildman–Crippen LogP) is 6.78. The quantitative estimate of drug-likeness (QED) is 0.319. The molecule has 0 aliphatic heterocycles. The summed E-state index contributed by atoms with van der Waals surface area (Å²) in [6.07, 6.45) is -0.994. The van der Waals surface area contributed by atoms with Gasteiger partial charge in [-0.25, -0.2) is 4.98 Å². The lowest BCUT2D eigenvalue weighted by atomic mass is 10.0. The summed E-state index contributed by atoms with van der Waals surface area (Å²) in [6, 6.07) is 18.6. The van der Waals surface area contributed by atoms with E-state index >= 15 is 0 Å². The second kappa shape index (κ2) is 7.98. The van der Waals surface area contributed by atoms with Gasteiger partial charge in [0.15, 0.2) is 0 Å². The molecule has 0 radical (unpaired) electrons. The van der Waals surface area contributed by atoms with Crippen LogP contribution in [0.25, 0.3) is 21.8 Å². The largest absolute Gasteiger partial charge is 0.457 e. The van der Waals surface area contributed by atoms with Crippen LogP contribution >= 0.6 is 0 Å². The van der Waals surface area contributed by atoms with Crippen LogP contribution in [0.4, 0.5) is 18.9 Å². The number of amides is 1. The number of ether oxygens (including phenoxy) is 1. The van der Waals surface area contributed by atoms with Crippen LogP contribution in [0, 0.1) is 0 Å². The lowest BCUT2D eigenvalue weighted by molar-refractivity contribution is -0.137. The van der Waals surface area contributed by atoms with Gasteiger partial charge < -0.3 is 15.0 Å². The van der Waals surface area contributed by atoms with E-state index in [0.29, 0.717) is 22.4 Å². The number of carbonyl (C=O) groups excluding carboxylic acids is 1. The first-order valence-corrected chi connectivity index (χ1v) is 10.00. The first kappa shape index (κ1) is 20.6. The molecule has 2 heterocycles. The fourth-order valence-electron chi connectivity index (χ4n) is 3.62. The average Bonchev–Trinajstić information content (AvgIpc) is 3.28. The molecule has 0 aliphatic carbocycles. The van der Waals surface area contributed by atoms with Gasteiger partial charge in [0.1, 0.15) is 17.1 Å². The first-order valence-electron chi connectivity index (χ1n) is 10.00. The summed E-state index contributed by atoms with van der Waals surface area (Å²) < 4.78 is 44.3. The van der Waals surface area contributed by atoms with Crippen molar-refractivity contribution >= 4 is 33.4 Å². The van der Waals surface area contributed by atoms with Crippen molar-refractivity contribution in [2.75, 3.05) is 5.32 Å². The molecule has 5 rings (SSSR count). The Balaban J connectivity index is 1.40. The van der Waals surface area contributed by atoms with E-state index in [0.717, 1.165) is 28.6 Å². The Labute approximate surface area is 185 Å². The van der Waals surface area contributed by atoms with Crippen molar-refractivity contribution in [3.8, 4) is 11.5 Å². The molecule has 0 unspecified atom stereocenters. The number of pyridine rings is 1. The number of alkyl halides is 3. The van der Waals surface area contributed by atoms with Crippen LogP contribution in [-0.2, 0) is 6.18 Å². The van der Waals surface area contributed by atoms with E-state index in [2.05, 4.69) is 15.3 Å². The van der Waals surface area contributed by atoms with Gasteiger partial charge in [-0.15, -0.1) is 0 Å². The van der Waals surface area contributed by atoms with Crippen molar-refractivity contribution in [2.24, 2.45) is 0 Å². The Morgan fingerprint density at radius 3 is 2.55 bits per heavy atom. The molecule has 8 heteroatoms. The number of anilines is 1. The van der Waals surface area contributed by atoms with Gasteiger partial charge in [0, 0.05) is 23.6 Å². The molecule has 164 valence electrons. The molecule has 0 bridgehead atoms. The van der Waals surface area contributed by atoms with Crippen LogP contribution in [0.3, 0.4) is 0 Å². The molecule has 0 spiro atoms. The molecule has 2 N–H and O–H groups in total. The van der Waals surface area contributed by atoms with Crippen LogP contribution in [0.1, 0.15) is 15.9 Å². The highest BCUT2D eigenvalue weighted by atomic mass is 19.4. The van der Waals surface area contributed by atoms with Gasteiger partial charge >= 0.3 is 6.18 Å². The maximum Gasteiger partial charge on any atom is 0.416 e. The number of fused-ring (bicyclic) bond motifs is 2. The summed E-state index contributed by atoms with van der Waals surface area (Å²) >= 11 is 0. The van der Waals surface area contributed by atoms with Gasteiger partial charge in [-0.05, 0) is 71.4 Å². The lowest BCUT2D eigenvalue weighted by Gasteiger charge is -2.11. The van der Waals surface area contributed by atoms with Crippen molar-refractivity contribution in [1.82, 2.24) is 9.97 Å².